The smallest absolute Gasteiger partial charge is 0.377 e. The second kappa shape index (κ2) is 35.0. The SMILES string of the molecule is CC(F)(F)C(=O)O.CC(F)(F)C(=O)OC12CC3CC(O)(CC(OCC(=O)OC4C5CC6C(=O)OC4C6C5)(C3)C1)C2.Cc1ccc([S+](c2ccc(C)cc2)c2ccc(C)cc2)cc1.Cc1ccc([S+](c2ccc(C)cc2)c2ccc(C)cc2)cc1.O=C(COC12CC3CC(O)(CC(O)(C3)C1)C2)OC1C2CC3C(=O)OC1C3C2.[B][B]B([B])B([B])[B]. The predicted molar refractivity (Wildman–Crippen MR) is 443 cm³/mol. The van der Waals surface area contributed by atoms with Crippen LogP contribution in [0.2, 0.25) is 0 Å². The lowest BCUT2D eigenvalue weighted by Crippen LogP contribution is -2.68. The van der Waals surface area contributed by atoms with Gasteiger partial charge in [0, 0.05) is 127 Å². The van der Waals surface area contributed by atoms with Crippen molar-refractivity contribution < 1.29 is 99.9 Å². The zero-order valence-electron chi connectivity index (χ0n) is 68.0. The van der Waals surface area contributed by atoms with Gasteiger partial charge in [-0.1, -0.05) is 106 Å². The van der Waals surface area contributed by atoms with Crippen LogP contribution >= 0.6 is 0 Å². The molecule has 30 heteroatoms. The molecule has 0 spiro atoms. The van der Waals surface area contributed by atoms with Crippen LogP contribution in [0.15, 0.2) is 175 Å². The average molecular weight is 1650 g/mol. The maximum absolute atomic E-state index is 13.5. The second-order valence-electron chi connectivity index (χ2n) is 35.8. The topological polar surface area (TPSA) is 248 Å². The molecule has 20 rings (SSSR count). The highest BCUT2D eigenvalue weighted by atomic mass is 32.2. The van der Waals surface area contributed by atoms with Gasteiger partial charge in [0.2, 0.25) is 0 Å². The summed E-state index contributed by atoms with van der Waals surface area (Å²) in [4.78, 5) is 78.4. The molecule has 12 aliphatic carbocycles. The van der Waals surface area contributed by atoms with Crippen molar-refractivity contribution in [2.45, 2.75) is 257 Å². The number of aliphatic hydroxyl groups is 3. The highest BCUT2D eigenvalue weighted by Crippen LogP contribution is 2.64. The van der Waals surface area contributed by atoms with E-state index in [0.29, 0.717) is 71.6 Å². The number of carboxylic acid groups (broad SMARTS) is 1. The van der Waals surface area contributed by atoms with Gasteiger partial charge < -0.3 is 53.6 Å². The maximum Gasteiger partial charge on any atom is 0.377 e. The van der Waals surface area contributed by atoms with E-state index in [1.165, 1.54) is 69.8 Å². The minimum Gasteiger partial charge on any atom is -0.477 e. The fraction of sp³-hybridized carbons (Fsp3) is 0.523. The molecule has 16 atom stereocenters. The number of carbonyl (C=O) groups excluding carboxylic acids is 5. The fourth-order valence-corrected chi connectivity index (χ4v) is 25.2. The van der Waals surface area contributed by atoms with Crippen LogP contribution in [0.3, 0.4) is 0 Å². The number of alkyl halides is 4. The fourth-order valence-electron chi connectivity index (χ4n) is 21.1. The summed E-state index contributed by atoms with van der Waals surface area (Å²) in [7, 11) is 21.5. The molecule has 12 saturated carbocycles. The average Bonchev–Trinajstić information content (AvgIpc) is 1.18. The van der Waals surface area contributed by atoms with Crippen molar-refractivity contribution in [3.05, 3.63) is 179 Å². The van der Waals surface area contributed by atoms with Gasteiger partial charge in [-0.05, 0) is 190 Å². The zero-order valence-corrected chi connectivity index (χ0v) is 69.6. The summed E-state index contributed by atoms with van der Waals surface area (Å²) in [6, 6.07) is 53.6. The first-order valence-electron chi connectivity index (χ1n) is 40.7. The third-order valence-electron chi connectivity index (χ3n) is 25.5. The lowest BCUT2D eigenvalue weighted by atomic mass is 8.76. The molecule has 4 N–H and O–H groups in total. The van der Waals surface area contributed by atoms with Crippen LogP contribution in [0.1, 0.15) is 150 Å². The number of aryl methyl sites for hydroxylation is 6. The van der Waals surface area contributed by atoms with Crippen LogP contribution in [0, 0.1) is 88.9 Å². The van der Waals surface area contributed by atoms with Crippen molar-refractivity contribution >= 4 is 108 Å². The van der Waals surface area contributed by atoms with Crippen LogP contribution in [0.4, 0.5) is 17.6 Å². The van der Waals surface area contributed by atoms with Gasteiger partial charge in [-0.25, -0.2) is 19.2 Å². The molecule has 613 valence electrons. The first-order valence-corrected chi connectivity index (χ1v) is 43.2. The van der Waals surface area contributed by atoms with Crippen LogP contribution in [-0.2, 0) is 83.7 Å². The first-order chi connectivity index (χ1) is 55.5. The third-order valence-corrected chi connectivity index (χ3v) is 30.0. The van der Waals surface area contributed by atoms with Crippen LogP contribution in [-0.4, -0.2) is 190 Å². The van der Waals surface area contributed by atoms with E-state index in [1.54, 1.807) is 0 Å². The summed E-state index contributed by atoms with van der Waals surface area (Å²) >= 11 is 0. The molecule has 2 aliphatic heterocycles. The van der Waals surface area contributed by atoms with E-state index < -0.39 is 81.8 Å². The lowest BCUT2D eigenvalue weighted by Gasteiger charge is -2.63. The molecule has 9 radical (unpaired) electrons. The van der Waals surface area contributed by atoms with Gasteiger partial charge in [0.25, 0.3) is 0 Å². The number of ether oxygens (including phenoxy) is 7. The Morgan fingerprint density at radius 1 is 0.466 bits per heavy atom. The summed E-state index contributed by atoms with van der Waals surface area (Å²) in [6.07, 6.45) is 6.23. The molecule has 14 fully saturated rings. The van der Waals surface area contributed by atoms with Crippen LogP contribution < -0.4 is 0 Å². The summed E-state index contributed by atoms with van der Waals surface area (Å²) in [5.41, 5.74) is 2.07. The van der Waals surface area contributed by atoms with Gasteiger partial charge in [-0.3, -0.25) is 9.59 Å². The molecule has 12 bridgehead atoms. The van der Waals surface area contributed by atoms with Gasteiger partial charge in [0.15, 0.2) is 29.4 Å². The van der Waals surface area contributed by atoms with Crippen molar-refractivity contribution in [2.75, 3.05) is 13.2 Å². The molecule has 118 heavy (non-hydrogen) atoms. The van der Waals surface area contributed by atoms with Crippen molar-refractivity contribution in [1.82, 2.24) is 0 Å². The van der Waals surface area contributed by atoms with Gasteiger partial charge in [0.05, 0.1) is 61.6 Å². The number of hydrogen-bond donors (Lipinski definition) is 4. The number of halogens is 4. The second-order valence-corrected chi connectivity index (χ2v) is 39.9. The number of carboxylic acids is 1. The Labute approximate surface area is 701 Å². The number of esters is 5. The minimum absolute atomic E-state index is 0.000264. The molecule has 2 heterocycles. The number of aliphatic carboxylic acids is 1. The number of benzene rings is 6. The quantitative estimate of drug-likeness (QED) is 0.0193. The molecule has 16 unspecified atom stereocenters. The molecule has 0 aromatic heterocycles. The first kappa shape index (κ1) is 88.6. The van der Waals surface area contributed by atoms with Crippen molar-refractivity contribution in [3.8, 4) is 0 Å². The summed E-state index contributed by atoms with van der Waals surface area (Å²) in [5.74, 6) is -11.5. The van der Waals surface area contributed by atoms with E-state index in [1.807, 2.05) is 0 Å². The number of carbonyl (C=O) groups is 6. The van der Waals surface area contributed by atoms with Crippen molar-refractivity contribution in [1.29, 1.82) is 0 Å². The summed E-state index contributed by atoms with van der Waals surface area (Å²) in [6.45, 7) is 13.1. The lowest BCUT2D eigenvalue weighted by molar-refractivity contribution is -0.279. The van der Waals surface area contributed by atoms with E-state index in [0.717, 1.165) is 25.7 Å². The Hall–Kier alpha value is -7.19. The Morgan fingerprint density at radius 3 is 1.03 bits per heavy atom. The standard InChI is InChI=1S/C23H28F2O8.2C21H21S.C20H26O7.C3H4F2O2.B7/c1-20(24,25)19(28)33-23-6-11-4-21(29,9-23)8-22(5-11,10-23)30-7-15(26)31-16-12-2-13-14(3-12)18(27)32-17(13)16;2*1-16-4-10-19(11-5-16)22(20-12-6-17(2)7-13-20)21-14-8-18(3)9-15-21;21-14(26-15-11-1-12-13(2-11)17(22)27-16(12)15)6-25-20-5-10-3-18(23,8-20)7-19(24,4-10)9-20;1-3(4,5)2(6)7;1-5-7(4)6(2)3/h11-14,16-17,29H,2-10H2,1H3;2*4-15H,1-3H3;10-13,15-16,23-24H,1-9H2;1H3,(H,6,7);/q;2*+1;;;. The molecule has 17 nitrogen and oxygen atoms in total. The summed E-state index contributed by atoms with van der Waals surface area (Å²) in [5, 5.41) is 40.2. The van der Waals surface area contributed by atoms with Gasteiger partial charge in [0.1, 0.15) is 43.2 Å². The summed E-state index contributed by atoms with van der Waals surface area (Å²) < 4.78 is 89.1. The number of fused-ring (bicyclic) bond motifs is 2. The zero-order chi connectivity index (χ0) is 85.0. The minimum atomic E-state index is -3.63. The van der Waals surface area contributed by atoms with Gasteiger partial charge >= 0.3 is 47.7 Å². The molecule has 6 aromatic carbocycles. The third kappa shape index (κ3) is 20.3. The van der Waals surface area contributed by atoms with Crippen molar-refractivity contribution in [2.24, 2.45) is 47.3 Å². The van der Waals surface area contributed by atoms with E-state index in [9.17, 15) is 61.6 Å². The monoisotopic (exact) mass is 1650 g/mol. The number of rotatable bonds is 19. The molecule has 2 saturated heterocycles. The highest BCUT2D eigenvalue weighted by Gasteiger charge is 2.69. The molecular weight excluding hydrogens is 1540 g/mol. The van der Waals surface area contributed by atoms with E-state index in [2.05, 4.69) is 187 Å². The maximum atomic E-state index is 13.5. The van der Waals surface area contributed by atoms with Crippen LogP contribution in [0.25, 0.3) is 0 Å². The van der Waals surface area contributed by atoms with Gasteiger partial charge in [-0.2, -0.15) is 17.6 Å². The molecule has 6 aromatic rings. The largest absolute Gasteiger partial charge is 0.477 e. The molecular formula is C88H100B7F4O17S2+2. The van der Waals surface area contributed by atoms with Crippen LogP contribution in [0.5, 0.6) is 0 Å². The Bertz CT molecular complexity index is 4240. The predicted octanol–water partition coefficient (Wildman–Crippen LogP) is 12.1. The van der Waals surface area contributed by atoms with E-state index in [-0.39, 0.29) is 138 Å². The Morgan fingerprint density at radius 2 is 0.754 bits per heavy atom. The van der Waals surface area contributed by atoms with Crippen molar-refractivity contribution in [3.63, 3.8) is 0 Å². The van der Waals surface area contributed by atoms with E-state index in [4.69, 9.17) is 69.2 Å². The Balaban J connectivity index is 0.000000131. The Kier molecular flexibility index (Phi) is 26.3. The molecule has 14 aliphatic rings. The van der Waals surface area contributed by atoms with Gasteiger partial charge in [-0.15, -0.1) is 0 Å². The molecule has 0 amide bonds. The van der Waals surface area contributed by atoms with E-state index >= 15 is 0 Å². The normalized spacial score (nSPS) is 31.8. The number of hydrogen-bond acceptors (Lipinski definition) is 16. The highest BCUT2D eigenvalue weighted by molar-refractivity contribution is 7.97.